The molecule has 0 radical (unpaired) electrons. The van der Waals surface area contributed by atoms with E-state index in [-0.39, 0.29) is 24.4 Å². The Bertz CT molecular complexity index is 1000. The lowest BCUT2D eigenvalue weighted by atomic mass is 9.83. The standard InChI is InChI=1S/C23H22N2O4/c1-23(2)19-6-4-5-7-20(19)25(3)21(23)12-17(26)14-29-22(27)15-28-18-10-8-16(13-24)9-11-18/h4-12H,14-15H2,1-3H3/b21-12-. The monoisotopic (exact) mass is 390 g/mol. The van der Waals surface area contributed by atoms with Gasteiger partial charge in [-0.2, -0.15) is 5.26 Å². The summed E-state index contributed by atoms with van der Waals surface area (Å²) in [6.07, 6.45) is 1.54. The summed E-state index contributed by atoms with van der Waals surface area (Å²) in [5.41, 5.74) is 3.25. The molecule has 2 aromatic carbocycles. The summed E-state index contributed by atoms with van der Waals surface area (Å²) < 4.78 is 10.3. The first kappa shape index (κ1) is 20.2. The van der Waals surface area contributed by atoms with Gasteiger partial charge in [0.1, 0.15) is 5.75 Å². The van der Waals surface area contributed by atoms with Crippen LogP contribution >= 0.6 is 0 Å². The lowest BCUT2D eigenvalue weighted by Gasteiger charge is -2.23. The fourth-order valence-electron chi connectivity index (χ4n) is 3.41. The van der Waals surface area contributed by atoms with Gasteiger partial charge in [-0.05, 0) is 35.9 Å². The maximum absolute atomic E-state index is 12.4. The number of para-hydroxylation sites is 1. The summed E-state index contributed by atoms with van der Waals surface area (Å²) in [7, 11) is 1.92. The molecule has 1 heterocycles. The molecule has 3 rings (SSSR count). The molecule has 1 aliphatic heterocycles. The van der Waals surface area contributed by atoms with Gasteiger partial charge in [0, 0.05) is 29.9 Å². The summed E-state index contributed by atoms with van der Waals surface area (Å²) in [5.74, 6) is -0.482. The molecular formula is C23H22N2O4. The van der Waals surface area contributed by atoms with E-state index in [1.807, 2.05) is 36.2 Å². The molecule has 6 nitrogen and oxygen atoms in total. The number of ketones is 1. The number of benzene rings is 2. The molecule has 0 spiro atoms. The third kappa shape index (κ3) is 4.30. The van der Waals surface area contributed by atoms with E-state index in [9.17, 15) is 9.59 Å². The van der Waals surface area contributed by atoms with E-state index < -0.39 is 5.97 Å². The molecule has 0 fully saturated rings. The van der Waals surface area contributed by atoms with E-state index in [1.165, 1.54) is 6.08 Å². The van der Waals surface area contributed by atoms with Crippen molar-refractivity contribution >= 4 is 17.4 Å². The number of esters is 1. The highest BCUT2D eigenvalue weighted by atomic mass is 16.6. The average Bonchev–Trinajstić information content (AvgIpc) is 2.92. The predicted octanol–water partition coefficient (Wildman–Crippen LogP) is 3.36. The van der Waals surface area contributed by atoms with Crippen molar-refractivity contribution in [1.82, 2.24) is 0 Å². The molecule has 0 bridgehead atoms. The molecular weight excluding hydrogens is 368 g/mol. The minimum atomic E-state index is -0.636. The van der Waals surface area contributed by atoms with Crippen LogP contribution in [0.25, 0.3) is 0 Å². The van der Waals surface area contributed by atoms with Gasteiger partial charge >= 0.3 is 5.97 Å². The zero-order valence-electron chi connectivity index (χ0n) is 16.6. The number of hydrogen-bond donors (Lipinski definition) is 0. The van der Waals surface area contributed by atoms with Crippen LogP contribution in [0.1, 0.15) is 25.0 Å². The molecule has 1 aliphatic rings. The first-order chi connectivity index (χ1) is 13.8. The van der Waals surface area contributed by atoms with Crippen LogP contribution in [0.4, 0.5) is 5.69 Å². The highest BCUT2D eigenvalue weighted by Gasteiger charge is 2.38. The number of fused-ring (bicyclic) bond motifs is 1. The Labute approximate surface area is 170 Å². The van der Waals surface area contributed by atoms with Crippen LogP contribution in [0.15, 0.2) is 60.3 Å². The number of anilines is 1. The molecule has 0 aliphatic carbocycles. The topological polar surface area (TPSA) is 79.6 Å². The molecule has 0 N–H and O–H groups in total. The number of hydrogen-bond acceptors (Lipinski definition) is 6. The first-order valence-electron chi connectivity index (χ1n) is 9.20. The van der Waals surface area contributed by atoms with E-state index >= 15 is 0 Å². The highest BCUT2D eigenvalue weighted by Crippen LogP contribution is 2.46. The lowest BCUT2D eigenvalue weighted by molar-refractivity contribution is -0.148. The summed E-state index contributed by atoms with van der Waals surface area (Å²) in [6, 6.07) is 16.4. The number of nitrogens with zero attached hydrogens (tertiary/aromatic N) is 2. The van der Waals surface area contributed by atoms with Crippen molar-refractivity contribution < 1.29 is 19.1 Å². The van der Waals surface area contributed by atoms with E-state index in [0.717, 1.165) is 16.9 Å². The summed E-state index contributed by atoms with van der Waals surface area (Å²) in [5, 5.41) is 8.77. The van der Waals surface area contributed by atoms with Crippen LogP contribution < -0.4 is 9.64 Å². The smallest absolute Gasteiger partial charge is 0.344 e. The van der Waals surface area contributed by atoms with Crippen molar-refractivity contribution in [3.05, 3.63) is 71.4 Å². The number of likely N-dealkylation sites (N-methyl/N-ethyl adjacent to an activating group) is 1. The van der Waals surface area contributed by atoms with Crippen LogP contribution in [0.2, 0.25) is 0 Å². The van der Waals surface area contributed by atoms with Crippen LogP contribution in [-0.2, 0) is 19.7 Å². The number of carbonyl (C=O) groups excluding carboxylic acids is 2. The molecule has 148 valence electrons. The van der Waals surface area contributed by atoms with Crippen LogP contribution in [0.5, 0.6) is 5.75 Å². The normalized spacial score (nSPS) is 15.5. The molecule has 0 saturated heterocycles. The second-order valence-electron chi connectivity index (χ2n) is 7.28. The van der Waals surface area contributed by atoms with E-state index in [2.05, 4.69) is 19.9 Å². The van der Waals surface area contributed by atoms with Crippen LogP contribution in [-0.4, -0.2) is 32.0 Å². The average molecular weight is 390 g/mol. The molecule has 0 saturated carbocycles. The van der Waals surface area contributed by atoms with Gasteiger partial charge in [-0.3, -0.25) is 4.79 Å². The van der Waals surface area contributed by atoms with E-state index in [4.69, 9.17) is 14.7 Å². The third-order valence-corrected chi connectivity index (χ3v) is 4.95. The first-order valence-corrected chi connectivity index (χ1v) is 9.20. The predicted molar refractivity (Wildman–Crippen MR) is 109 cm³/mol. The zero-order chi connectivity index (χ0) is 21.0. The number of rotatable bonds is 6. The van der Waals surface area contributed by atoms with E-state index in [0.29, 0.717) is 11.3 Å². The second kappa shape index (κ2) is 8.19. The quantitative estimate of drug-likeness (QED) is 0.556. The molecule has 0 aromatic heterocycles. The zero-order valence-corrected chi connectivity index (χ0v) is 16.6. The van der Waals surface area contributed by atoms with Gasteiger partial charge in [-0.1, -0.05) is 32.0 Å². The van der Waals surface area contributed by atoms with Crippen LogP contribution in [0, 0.1) is 11.3 Å². The van der Waals surface area contributed by atoms with Crippen molar-refractivity contribution in [2.24, 2.45) is 0 Å². The van der Waals surface area contributed by atoms with Gasteiger partial charge in [0.25, 0.3) is 0 Å². The van der Waals surface area contributed by atoms with Gasteiger partial charge in [0.2, 0.25) is 0 Å². The number of carbonyl (C=O) groups is 2. The van der Waals surface area contributed by atoms with Crippen molar-refractivity contribution in [1.29, 1.82) is 5.26 Å². The Morgan fingerprint density at radius 2 is 1.79 bits per heavy atom. The molecule has 0 atom stereocenters. The minimum Gasteiger partial charge on any atom is -0.482 e. The Morgan fingerprint density at radius 3 is 2.45 bits per heavy atom. The minimum absolute atomic E-state index is 0.292. The molecule has 2 aromatic rings. The summed E-state index contributed by atoms with van der Waals surface area (Å²) in [4.78, 5) is 26.2. The summed E-state index contributed by atoms with van der Waals surface area (Å²) in [6.45, 7) is 3.46. The van der Waals surface area contributed by atoms with Crippen LogP contribution in [0.3, 0.4) is 0 Å². The molecule has 29 heavy (non-hydrogen) atoms. The SMILES string of the molecule is CN1/C(=C\C(=O)COC(=O)COc2ccc(C#N)cc2)C(C)(C)c2ccccc21. The van der Waals surface area contributed by atoms with E-state index in [1.54, 1.807) is 24.3 Å². The Morgan fingerprint density at radius 1 is 1.10 bits per heavy atom. The van der Waals surface area contributed by atoms with Crippen molar-refractivity contribution in [3.8, 4) is 11.8 Å². The Balaban J connectivity index is 1.55. The van der Waals surface area contributed by atoms with Crippen molar-refractivity contribution in [3.63, 3.8) is 0 Å². The van der Waals surface area contributed by atoms with Gasteiger partial charge in [0.15, 0.2) is 19.0 Å². The Hall–Kier alpha value is -3.59. The van der Waals surface area contributed by atoms with Gasteiger partial charge < -0.3 is 14.4 Å². The maximum Gasteiger partial charge on any atom is 0.344 e. The third-order valence-electron chi connectivity index (χ3n) is 4.95. The number of nitriles is 1. The lowest BCUT2D eigenvalue weighted by Crippen LogP contribution is -2.25. The second-order valence-corrected chi connectivity index (χ2v) is 7.28. The molecule has 0 amide bonds. The van der Waals surface area contributed by atoms with Crippen molar-refractivity contribution in [2.75, 3.05) is 25.2 Å². The highest BCUT2D eigenvalue weighted by molar-refractivity contribution is 5.94. The van der Waals surface area contributed by atoms with Gasteiger partial charge in [0.05, 0.1) is 11.6 Å². The fourth-order valence-corrected chi connectivity index (χ4v) is 3.41. The molecule has 6 heteroatoms. The Kier molecular flexibility index (Phi) is 5.69. The maximum atomic E-state index is 12.4. The van der Waals surface area contributed by atoms with Gasteiger partial charge in [-0.25, -0.2) is 4.79 Å². The molecule has 0 unspecified atom stereocenters. The summed E-state index contributed by atoms with van der Waals surface area (Å²) >= 11 is 0. The number of ether oxygens (including phenoxy) is 2. The number of allylic oxidation sites excluding steroid dienone is 1. The van der Waals surface area contributed by atoms with Crippen molar-refractivity contribution in [2.45, 2.75) is 19.3 Å². The van der Waals surface area contributed by atoms with Gasteiger partial charge in [-0.15, -0.1) is 0 Å². The fraction of sp³-hybridized carbons (Fsp3) is 0.261. The largest absolute Gasteiger partial charge is 0.482 e.